The molecule has 1 heterocycles. The van der Waals surface area contributed by atoms with Crippen molar-refractivity contribution in [2.75, 3.05) is 12.0 Å². The van der Waals surface area contributed by atoms with Gasteiger partial charge in [0.25, 0.3) is 5.91 Å². The predicted octanol–water partition coefficient (Wildman–Crippen LogP) is 3.60. The lowest BCUT2D eigenvalue weighted by molar-refractivity contribution is 0.101. The Morgan fingerprint density at radius 2 is 2.08 bits per heavy atom. The molecular formula is C18H23FN4O2. The van der Waals surface area contributed by atoms with Crippen LogP contribution in [0.3, 0.4) is 0 Å². The first kappa shape index (κ1) is 18.6. The van der Waals surface area contributed by atoms with Crippen LogP contribution in [0.4, 0.5) is 10.1 Å². The number of carbonyl (C=O) groups excluding carboxylic acids is 1. The summed E-state index contributed by atoms with van der Waals surface area (Å²) in [7, 11) is 0. The first-order chi connectivity index (χ1) is 11.8. The Kier molecular flexibility index (Phi) is 5.56. The SMILES string of the molecule is CC(=NO)c1cccc(NC(=O)c2cc(C(C)(C)C)nn2CCF)c1. The summed E-state index contributed by atoms with van der Waals surface area (Å²) in [5.74, 6) is -0.368. The van der Waals surface area contributed by atoms with Gasteiger partial charge < -0.3 is 10.5 Å². The highest BCUT2D eigenvalue weighted by molar-refractivity contribution is 6.04. The molecule has 0 aliphatic carbocycles. The molecule has 134 valence electrons. The average Bonchev–Trinajstić information content (AvgIpc) is 2.99. The largest absolute Gasteiger partial charge is 0.411 e. The summed E-state index contributed by atoms with van der Waals surface area (Å²) >= 11 is 0. The molecule has 2 aromatic rings. The Balaban J connectivity index is 2.30. The van der Waals surface area contributed by atoms with Crippen molar-refractivity contribution in [3.8, 4) is 0 Å². The summed E-state index contributed by atoms with van der Waals surface area (Å²) in [6.45, 7) is 7.03. The standard InChI is InChI=1S/C18H23FN4O2/c1-12(22-25)13-6-5-7-14(10-13)20-17(24)15-11-16(18(2,3)4)21-23(15)9-8-19/h5-7,10-11,25H,8-9H2,1-4H3,(H,20,24). The molecule has 2 N–H and O–H groups in total. The summed E-state index contributed by atoms with van der Waals surface area (Å²) in [4.78, 5) is 12.6. The van der Waals surface area contributed by atoms with Crippen LogP contribution in [-0.4, -0.2) is 33.3 Å². The van der Waals surface area contributed by atoms with E-state index in [1.54, 1.807) is 37.3 Å². The van der Waals surface area contributed by atoms with Crippen LogP contribution in [0, 0.1) is 0 Å². The van der Waals surface area contributed by atoms with E-state index in [1.807, 2.05) is 20.8 Å². The van der Waals surface area contributed by atoms with Crippen molar-refractivity contribution in [3.63, 3.8) is 0 Å². The maximum absolute atomic E-state index is 12.8. The lowest BCUT2D eigenvalue weighted by atomic mass is 9.92. The minimum Gasteiger partial charge on any atom is -0.411 e. The number of oxime groups is 1. The van der Waals surface area contributed by atoms with Crippen LogP contribution >= 0.6 is 0 Å². The molecule has 0 unspecified atom stereocenters. The van der Waals surface area contributed by atoms with Crippen LogP contribution in [0.25, 0.3) is 0 Å². The molecule has 0 radical (unpaired) electrons. The Hall–Kier alpha value is -2.70. The van der Waals surface area contributed by atoms with Gasteiger partial charge in [0, 0.05) is 16.7 Å². The Labute approximate surface area is 146 Å². The lowest BCUT2D eigenvalue weighted by Crippen LogP contribution is -2.18. The van der Waals surface area contributed by atoms with E-state index in [1.165, 1.54) is 4.68 Å². The van der Waals surface area contributed by atoms with E-state index >= 15 is 0 Å². The van der Waals surface area contributed by atoms with Crippen LogP contribution in [0.15, 0.2) is 35.5 Å². The van der Waals surface area contributed by atoms with Gasteiger partial charge in [-0.15, -0.1) is 0 Å². The monoisotopic (exact) mass is 346 g/mol. The zero-order chi connectivity index (χ0) is 18.6. The molecule has 0 spiro atoms. The van der Waals surface area contributed by atoms with Gasteiger partial charge in [0.2, 0.25) is 0 Å². The van der Waals surface area contributed by atoms with Crippen molar-refractivity contribution >= 4 is 17.3 Å². The maximum atomic E-state index is 12.8. The number of hydrogen-bond donors (Lipinski definition) is 2. The second-order valence-corrected chi connectivity index (χ2v) is 6.80. The number of benzene rings is 1. The van der Waals surface area contributed by atoms with Gasteiger partial charge in [-0.05, 0) is 25.1 Å². The number of rotatable bonds is 5. The number of aryl methyl sites for hydroxylation is 1. The smallest absolute Gasteiger partial charge is 0.273 e. The molecule has 0 aliphatic heterocycles. The Morgan fingerprint density at radius 3 is 2.68 bits per heavy atom. The summed E-state index contributed by atoms with van der Waals surface area (Å²) in [5.41, 5.74) is 2.46. The molecule has 0 fully saturated rings. The van der Waals surface area contributed by atoms with Crippen LogP contribution in [0.5, 0.6) is 0 Å². The maximum Gasteiger partial charge on any atom is 0.273 e. The van der Waals surface area contributed by atoms with Crippen LogP contribution in [0.1, 0.15) is 49.4 Å². The van der Waals surface area contributed by atoms with E-state index in [9.17, 15) is 9.18 Å². The van der Waals surface area contributed by atoms with Crippen LogP contribution in [-0.2, 0) is 12.0 Å². The fraction of sp³-hybridized carbons (Fsp3) is 0.389. The van der Waals surface area contributed by atoms with Crippen LogP contribution in [0.2, 0.25) is 0 Å². The van der Waals surface area contributed by atoms with Crippen molar-refractivity contribution in [1.82, 2.24) is 9.78 Å². The highest BCUT2D eigenvalue weighted by Gasteiger charge is 2.23. The second kappa shape index (κ2) is 7.46. The van der Waals surface area contributed by atoms with E-state index in [0.717, 1.165) is 5.69 Å². The van der Waals surface area contributed by atoms with Gasteiger partial charge in [-0.3, -0.25) is 9.48 Å². The molecule has 1 amide bonds. The summed E-state index contributed by atoms with van der Waals surface area (Å²) in [6, 6.07) is 8.64. The van der Waals surface area contributed by atoms with Gasteiger partial charge in [0.05, 0.1) is 18.0 Å². The number of halogens is 1. The summed E-state index contributed by atoms with van der Waals surface area (Å²) in [6.07, 6.45) is 0. The van der Waals surface area contributed by atoms with Crippen molar-refractivity contribution in [1.29, 1.82) is 0 Å². The number of anilines is 1. The van der Waals surface area contributed by atoms with E-state index < -0.39 is 6.67 Å². The molecule has 0 bridgehead atoms. The lowest BCUT2D eigenvalue weighted by Gasteiger charge is -2.13. The van der Waals surface area contributed by atoms with Gasteiger partial charge in [-0.25, -0.2) is 4.39 Å². The molecule has 25 heavy (non-hydrogen) atoms. The molecule has 0 saturated heterocycles. The third-order valence-electron chi connectivity index (χ3n) is 3.77. The van der Waals surface area contributed by atoms with Crippen LogP contribution < -0.4 is 5.32 Å². The van der Waals surface area contributed by atoms with E-state index in [4.69, 9.17) is 5.21 Å². The molecule has 0 atom stereocenters. The Bertz CT molecular complexity index is 791. The fourth-order valence-electron chi connectivity index (χ4n) is 2.29. The minimum atomic E-state index is -0.604. The number of nitrogens with zero attached hydrogens (tertiary/aromatic N) is 3. The molecule has 1 aromatic heterocycles. The van der Waals surface area contributed by atoms with E-state index in [0.29, 0.717) is 22.7 Å². The molecule has 0 saturated carbocycles. The quantitative estimate of drug-likeness (QED) is 0.493. The second-order valence-electron chi connectivity index (χ2n) is 6.80. The molecule has 6 nitrogen and oxygen atoms in total. The van der Waals surface area contributed by atoms with Gasteiger partial charge in [0.1, 0.15) is 12.4 Å². The topological polar surface area (TPSA) is 79.5 Å². The Morgan fingerprint density at radius 1 is 1.36 bits per heavy atom. The number of nitrogens with one attached hydrogen (secondary N) is 1. The number of amides is 1. The van der Waals surface area contributed by atoms with E-state index in [-0.39, 0.29) is 17.9 Å². The summed E-state index contributed by atoms with van der Waals surface area (Å²) in [5, 5.41) is 19.2. The highest BCUT2D eigenvalue weighted by Crippen LogP contribution is 2.22. The summed E-state index contributed by atoms with van der Waals surface area (Å²) < 4.78 is 14.2. The predicted molar refractivity (Wildman–Crippen MR) is 95.3 cm³/mol. The average molecular weight is 346 g/mol. The normalized spacial score (nSPS) is 12.3. The van der Waals surface area contributed by atoms with Gasteiger partial charge in [0.15, 0.2) is 0 Å². The number of aromatic nitrogens is 2. The van der Waals surface area contributed by atoms with E-state index in [2.05, 4.69) is 15.6 Å². The molecule has 1 aromatic carbocycles. The minimum absolute atomic E-state index is 0.0230. The van der Waals surface area contributed by atoms with Gasteiger partial charge in [-0.2, -0.15) is 5.10 Å². The zero-order valence-electron chi connectivity index (χ0n) is 14.9. The van der Waals surface area contributed by atoms with Gasteiger partial charge >= 0.3 is 0 Å². The third-order valence-corrected chi connectivity index (χ3v) is 3.77. The molecule has 0 aliphatic rings. The molecular weight excluding hydrogens is 323 g/mol. The molecule has 7 heteroatoms. The van der Waals surface area contributed by atoms with Crippen molar-refractivity contribution < 1.29 is 14.4 Å². The third kappa shape index (κ3) is 4.43. The van der Waals surface area contributed by atoms with Crippen molar-refractivity contribution in [3.05, 3.63) is 47.3 Å². The first-order valence-electron chi connectivity index (χ1n) is 8.01. The zero-order valence-corrected chi connectivity index (χ0v) is 14.9. The van der Waals surface area contributed by atoms with Crippen molar-refractivity contribution in [2.24, 2.45) is 5.16 Å². The number of hydrogen-bond acceptors (Lipinski definition) is 4. The molecule has 2 rings (SSSR count). The van der Waals surface area contributed by atoms with Gasteiger partial charge in [-0.1, -0.05) is 38.1 Å². The fourth-order valence-corrected chi connectivity index (χ4v) is 2.29. The number of carbonyl (C=O) groups is 1. The number of alkyl halides is 1. The highest BCUT2D eigenvalue weighted by atomic mass is 19.1. The first-order valence-corrected chi connectivity index (χ1v) is 8.01. The van der Waals surface area contributed by atoms with Crippen molar-refractivity contribution in [2.45, 2.75) is 39.7 Å².